The first-order valence-corrected chi connectivity index (χ1v) is 10.6. The fourth-order valence-electron chi connectivity index (χ4n) is 2.53. The Bertz CT molecular complexity index is 314. The van der Waals surface area contributed by atoms with Crippen molar-refractivity contribution in [3.63, 3.8) is 0 Å². The molecule has 0 aromatic heterocycles. The van der Waals surface area contributed by atoms with Gasteiger partial charge in [-0.2, -0.15) is 0 Å². The number of halogens is 1. The third kappa shape index (κ3) is 17.8. The lowest BCUT2D eigenvalue weighted by Gasteiger charge is -2.08. The van der Waals surface area contributed by atoms with E-state index in [1.54, 1.807) is 0 Å². The molecule has 23 heavy (non-hydrogen) atoms. The van der Waals surface area contributed by atoms with Crippen molar-refractivity contribution < 1.29 is 0 Å². The third-order valence-corrected chi connectivity index (χ3v) is 4.39. The first kappa shape index (κ1) is 22.7. The van der Waals surface area contributed by atoms with Crippen molar-refractivity contribution in [1.29, 1.82) is 0 Å². The smallest absolute Gasteiger partial charge is 0.0227 e. The second kappa shape index (κ2) is 18.0. The molecule has 1 aromatic rings. The molecule has 1 aromatic carbocycles. The van der Waals surface area contributed by atoms with Gasteiger partial charge in [0.2, 0.25) is 0 Å². The number of nitrogens with zero attached hydrogens (tertiary/aromatic N) is 1. The largest absolute Gasteiger partial charge is 0.305 e. The van der Waals surface area contributed by atoms with E-state index in [2.05, 4.69) is 66.1 Å². The maximum atomic E-state index is 3.46. The standard InChI is InChI=1S/C12H25Br.C9H13N/c1-2-3-4-5-6-7-8-9-10-11-12-13;1-10(2)8-9-6-4-3-5-7-9/h2-12H2,1H3;3-7H,8H2,1-2H3. The van der Waals surface area contributed by atoms with Crippen molar-refractivity contribution in [2.45, 2.75) is 77.7 Å². The van der Waals surface area contributed by atoms with Crippen molar-refractivity contribution >= 4 is 15.9 Å². The number of hydrogen-bond donors (Lipinski definition) is 0. The van der Waals surface area contributed by atoms with Crippen molar-refractivity contribution in [2.24, 2.45) is 0 Å². The second-order valence-electron chi connectivity index (χ2n) is 6.59. The van der Waals surface area contributed by atoms with E-state index in [4.69, 9.17) is 0 Å². The van der Waals surface area contributed by atoms with Crippen LogP contribution in [-0.4, -0.2) is 24.3 Å². The van der Waals surface area contributed by atoms with E-state index >= 15 is 0 Å². The van der Waals surface area contributed by atoms with Crippen LogP contribution in [-0.2, 0) is 6.54 Å². The summed E-state index contributed by atoms with van der Waals surface area (Å²) in [6, 6.07) is 10.5. The zero-order chi connectivity index (χ0) is 17.2. The quantitative estimate of drug-likeness (QED) is 0.276. The molecule has 0 saturated carbocycles. The van der Waals surface area contributed by atoms with Gasteiger partial charge in [0.25, 0.3) is 0 Å². The summed E-state index contributed by atoms with van der Waals surface area (Å²) in [5, 5.41) is 1.18. The minimum atomic E-state index is 1.03. The number of hydrogen-bond acceptors (Lipinski definition) is 1. The molecule has 0 unspecified atom stereocenters. The van der Waals surface area contributed by atoms with Crippen molar-refractivity contribution in [2.75, 3.05) is 19.4 Å². The highest BCUT2D eigenvalue weighted by Crippen LogP contribution is 2.10. The topological polar surface area (TPSA) is 3.24 Å². The van der Waals surface area contributed by atoms with Crippen LogP contribution in [0.15, 0.2) is 30.3 Å². The number of alkyl halides is 1. The minimum absolute atomic E-state index is 1.03. The molecular weight excluding hydrogens is 346 g/mol. The third-order valence-electron chi connectivity index (χ3n) is 3.83. The summed E-state index contributed by atoms with van der Waals surface area (Å²) >= 11 is 3.46. The fraction of sp³-hybridized carbons (Fsp3) is 0.714. The van der Waals surface area contributed by atoms with Gasteiger partial charge in [-0.1, -0.05) is 111 Å². The monoisotopic (exact) mass is 383 g/mol. The number of rotatable bonds is 12. The Morgan fingerprint density at radius 3 is 1.65 bits per heavy atom. The maximum Gasteiger partial charge on any atom is 0.0227 e. The molecule has 0 spiro atoms. The van der Waals surface area contributed by atoms with Gasteiger partial charge in [-0.05, 0) is 26.1 Å². The Labute approximate surface area is 154 Å². The SMILES string of the molecule is CCCCCCCCCCCCBr.CN(C)Cc1ccccc1. The lowest BCUT2D eigenvalue weighted by molar-refractivity contribution is 0.402. The predicted molar refractivity (Wildman–Crippen MR) is 109 cm³/mol. The van der Waals surface area contributed by atoms with E-state index in [1.165, 1.54) is 75.1 Å². The van der Waals surface area contributed by atoms with Gasteiger partial charge in [-0.15, -0.1) is 0 Å². The average molecular weight is 384 g/mol. The van der Waals surface area contributed by atoms with Gasteiger partial charge in [0.15, 0.2) is 0 Å². The van der Waals surface area contributed by atoms with E-state index < -0.39 is 0 Å². The summed E-state index contributed by atoms with van der Waals surface area (Å²) in [6.45, 7) is 3.31. The van der Waals surface area contributed by atoms with Gasteiger partial charge >= 0.3 is 0 Å². The predicted octanol–water partition coefficient (Wildman–Crippen LogP) is 7.05. The van der Waals surface area contributed by atoms with Gasteiger partial charge < -0.3 is 4.90 Å². The Morgan fingerprint density at radius 1 is 0.739 bits per heavy atom. The molecule has 0 heterocycles. The number of unbranched alkanes of at least 4 members (excludes halogenated alkanes) is 9. The molecule has 0 amide bonds. The molecule has 1 rings (SSSR count). The maximum absolute atomic E-state index is 3.46. The van der Waals surface area contributed by atoms with E-state index in [1.807, 2.05) is 6.07 Å². The summed E-state index contributed by atoms with van der Waals surface area (Å²) in [5.41, 5.74) is 1.37. The minimum Gasteiger partial charge on any atom is -0.305 e. The van der Waals surface area contributed by atoms with E-state index in [0.717, 1.165) is 6.54 Å². The molecule has 2 heteroatoms. The summed E-state index contributed by atoms with van der Waals surface area (Å²) in [7, 11) is 4.15. The van der Waals surface area contributed by atoms with E-state index in [-0.39, 0.29) is 0 Å². The van der Waals surface area contributed by atoms with Gasteiger partial charge in [-0.25, -0.2) is 0 Å². The Hall–Kier alpha value is -0.340. The average Bonchev–Trinajstić information content (AvgIpc) is 2.54. The zero-order valence-electron chi connectivity index (χ0n) is 15.7. The summed E-state index contributed by atoms with van der Waals surface area (Å²) in [4.78, 5) is 2.16. The highest BCUT2D eigenvalue weighted by molar-refractivity contribution is 9.09. The van der Waals surface area contributed by atoms with Crippen LogP contribution in [0.1, 0.15) is 76.7 Å². The Morgan fingerprint density at radius 2 is 1.22 bits per heavy atom. The van der Waals surface area contributed by atoms with E-state index in [0.29, 0.717) is 0 Å². The van der Waals surface area contributed by atoms with Crippen LogP contribution in [0, 0.1) is 0 Å². The van der Waals surface area contributed by atoms with Gasteiger partial charge in [0.05, 0.1) is 0 Å². The van der Waals surface area contributed by atoms with Crippen LogP contribution in [0.5, 0.6) is 0 Å². The molecule has 0 aliphatic rings. The van der Waals surface area contributed by atoms with Gasteiger partial charge in [0, 0.05) is 11.9 Å². The first-order valence-electron chi connectivity index (χ1n) is 9.45. The highest BCUT2D eigenvalue weighted by atomic mass is 79.9. The lowest BCUT2D eigenvalue weighted by atomic mass is 10.1. The second-order valence-corrected chi connectivity index (χ2v) is 7.39. The van der Waals surface area contributed by atoms with Crippen LogP contribution in [0.2, 0.25) is 0 Å². The van der Waals surface area contributed by atoms with Crippen LogP contribution in [0.25, 0.3) is 0 Å². The van der Waals surface area contributed by atoms with Crippen molar-refractivity contribution in [3.05, 3.63) is 35.9 Å². The van der Waals surface area contributed by atoms with Gasteiger partial charge in [-0.3, -0.25) is 0 Å². The van der Waals surface area contributed by atoms with Crippen LogP contribution < -0.4 is 0 Å². The Kier molecular flexibility index (Phi) is 17.7. The summed E-state index contributed by atoms with van der Waals surface area (Å²) < 4.78 is 0. The first-order chi connectivity index (χ1) is 11.2. The highest BCUT2D eigenvalue weighted by Gasteiger charge is 1.91. The zero-order valence-corrected chi connectivity index (χ0v) is 17.3. The molecular formula is C21H38BrN. The molecule has 0 N–H and O–H groups in total. The van der Waals surface area contributed by atoms with Crippen molar-refractivity contribution in [1.82, 2.24) is 4.90 Å². The molecule has 0 fully saturated rings. The van der Waals surface area contributed by atoms with Gasteiger partial charge in [0.1, 0.15) is 0 Å². The van der Waals surface area contributed by atoms with Crippen LogP contribution in [0.4, 0.5) is 0 Å². The Balaban J connectivity index is 0.000000433. The molecule has 0 aliphatic heterocycles. The lowest BCUT2D eigenvalue weighted by Crippen LogP contribution is -2.10. The van der Waals surface area contributed by atoms with Crippen molar-refractivity contribution in [3.8, 4) is 0 Å². The molecule has 0 aliphatic carbocycles. The molecule has 0 atom stereocenters. The van der Waals surface area contributed by atoms with E-state index in [9.17, 15) is 0 Å². The summed E-state index contributed by atoms with van der Waals surface area (Å²) in [6.07, 6.45) is 14.3. The van der Waals surface area contributed by atoms with Crippen LogP contribution >= 0.6 is 15.9 Å². The number of benzene rings is 1. The van der Waals surface area contributed by atoms with Crippen LogP contribution in [0.3, 0.4) is 0 Å². The normalized spacial score (nSPS) is 10.5. The fourth-order valence-corrected chi connectivity index (χ4v) is 2.93. The molecule has 0 bridgehead atoms. The summed E-state index contributed by atoms with van der Waals surface area (Å²) in [5.74, 6) is 0. The molecule has 0 radical (unpaired) electrons. The molecule has 134 valence electrons. The molecule has 0 saturated heterocycles. The molecule has 1 nitrogen and oxygen atoms in total.